The van der Waals surface area contributed by atoms with Crippen LogP contribution in [0.3, 0.4) is 0 Å². The van der Waals surface area contributed by atoms with E-state index in [9.17, 15) is 9.90 Å². The smallest absolute Gasteiger partial charge is 0.330 e. The van der Waals surface area contributed by atoms with Gasteiger partial charge in [0.2, 0.25) is 0 Å². The van der Waals surface area contributed by atoms with Gasteiger partial charge in [-0.1, -0.05) is 37.3 Å². The molecule has 0 radical (unpaired) electrons. The molecule has 6 heteroatoms. The Balaban J connectivity index is 1.54. The lowest BCUT2D eigenvalue weighted by atomic mass is 10.0. The van der Waals surface area contributed by atoms with Crippen molar-refractivity contribution in [2.45, 2.75) is 57.0 Å². The molecule has 0 saturated heterocycles. The van der Waals surface area contributed by atoms with Crippen molar-refractivity contribution in [3.05, 3.63) is 60.4 Å². The monoisotopic (exact) mass is 404 g/mol. The van der Waals surface area contributed by atoms with Crippen LogP contribution in [0.15, 0.2) is 60.4 Å². The van der Waals surface area contributed by atoms with E-state index in [0.29, 0.717) is 19.6 Å². The Hall–Kier alpha value is -2.15. The molecule has 0 fully saturated rings. The summed E-state index contributed by atoms with van der Waals surface area (Å²) in [5.41, 5.74) is 0.758. The van der Waals surface area contributed by atoms with Gasteiger partial charge in [0.1, 0.15) is 5.76 Å². The number of unbranched alkanes of at least 4 members (excludes halogenated alkanes) is 3. The molecule has 0 aromatic carbocycles. The highest BCUT2D eigenvalue weighted by Gasteiger charge is 2.19. The molecule has 29 heavy (non-hydrogen) atoms. The van der Waals surface area contributed by atoms with Crippen LogP contribution >= 0.6 is 0 Å². The Morgan fingerprint density at radius 2 is 1.86 bits per heavy atom. The molecule has 6 nitrogen and oxygen atoms in total. The van der Waals surface area contributed by atoms with E-state index in [2.05, 4.69) is 6.58 Å². The van der Waals surface area contributed by atoms with Crippen LogP contribution in [0.2, 0.25) is 0 Å². The summed E-state index contributed by atoms with van der Waals surface area (Å²) in [5, 5.41) is 10.3. The standard InChI is InChI=1S/C23H32O6/c1-3-22(24)28-17-7-5-4-6-16-27-20-10-8-18(9-11-20)23(25)29-21-14-12-19(26-2)13-15-21/h3,8-10,12-14,20-21,23,25H,1,4-7,11,15-17H2,2H3. The fraction of sp³-hybridized carbons (Fsp3) is 0.522. The lowest BCUT2D eigenvalue weighted by molar-refractivity contribution is -0.137. The first-order valence-electron chi connectivity index (χ1n) is 10.2. The maximum absolute atomic E-state index is 10.9. The van der Waals surface area contributed by atoms with Crippen molar-refractivity contribution in [3.8, 4) is 0 Å². The largest absolute Gasteiger partial charge is 0.497 e. The van der Waals surface area contributed by atoms with E-state index in [1.54, 1.807) is 7.11 Å². The highest BCUT2D eigenvalue weighted by atomic mass is 16.6. The number of hydrogen-bond acceptors (Lipinski definition) is 6. The average molecular weight is 405 g/mol. The fourth-order valence-corrected chi connectivity index (χ4v) is 3.03. The molecule has 0 aromatic heterocycles. The van der Waals surface area contributed by atoms with Crippen molar-refractivity contribution < 1.29 is 28.8 Å². The molecule has 2 rings (SSSR count). The lowest BCUT2D eigenvalue weighted by Crippen LogP contribution is -2.24. The second-order valence-corrected chi connectivity index (χ2v) is 6.93. The van der Waals surface area contributed by atoms with Crippen molar-refractivity contribution in [2.24, 2.45) is 0 Å². The SMILES string of the molecule is C=CC(=O)OCCCCCCOC1C=CC(C(O)OC2C=CC(OC)=CC2)=CC1. The van der Waals surface area contributed by atoms with Crippen molar-refractivity contribution >= 4 is 5.97 Å². The topological polar surface area (TPSA) is 74.2 Å². The third-order valence-electron chi connectivity index (χ3n) is 4.72. The minimum Gasteiger partial charge on any atom is -0.497 e. The molecule has 0 spiro atoms. The summed E-state index contributed by atoms with van der Waals surface area (Å²) in [4.78, 5) is 10.9. The molecular weight excluding hydrogens is 372 g/mol. The Kier molecular flexibility index (Phi) is 10.5. The first-order valence-corrected chi connectivity index (χ1v) is 10.2. The van der Waals surface area contributed by atoms with Gasteiger partial charge in [0, 0.05) is 18.3 Å². The Labute approximate surface area is 173 Å². The van der Waals surface area contributed by atoms with Gasteiger partial charge in [-0.05, 0) is 44.3 Å². The van der Waals surface area contributed by atoms with E-state index < -0.39 is 6.29 Å². The van der Waals surface area contributed by atoms with Crippen molar-refractivity contribution in [3.63, 3.8) is 0 Å². The predicted octanol–water partition coefficient (Wildman–Crippen LogP) is 3.74. The number of carbonyl (C=O) groups excluding carboxylic acids is 1. The van der Waals surface area contributed by atoms with Crippen LogP contribution in [-0.4, -0.2) is 49.9 Å². The molecule has 0 bridgehead atoms. The number of rotatable bonds is 13. The van der Waals surface area contributed by atoms with Crippen LogP contribution in [0, 0.1) is 0 Å². The van der Waals surface area contributed by atoms with Crippen molar-refractivity contribution in [2.75, 3.05) is 20.3 Å². The molecule has 160 valence electrons. The molecule has 3 unspecified atom stereocenters. The molecule has 2 aliphatic rings. The first-order chi connectivity index (χ1) is 14.1. The highest BCUT2D eigenvalue weighted by molar-refractivity contribution is 5.81. The van der Waals surface area contributed by atoms with Crippen LogP contribution in [0.1, 0.15) is 38.5 Å². The molecule has 3 atom stereocenters. The number of carbonyl (C=O) groups is 1. The number of aliphatic hydroxyl groups is 1. The van der Waals surface area contributed by atoms with Crippen molar-refractivity contribution in [1.82, 2.24) is 0 Å². The van der Waals surface area contributed by atoms with E-state index in [4.69, 9.17) is 18.9 Å². The molecule has 0 amide bonds. The van der Waals surface area contributed by atoms with Gasteiger partial charge in [0.05, 0.1) is 25.9 Å². The Morgan fingerprint density at radius 3 is 2.48 bits per heavy atom. The van der Waals surface area contributed by atoms with Crippen LogP contribution in [0.5, 0.6) is 0 Å². The summed E-state index contributed by atoms with van der Waals surface area (Å²) in [5.74, 6) is 0.444. The molecular formula is C23H32O6. The van der Waals surface area contributed by atoms with Crippen LogP contribution in [-0.2, 0) is 23.7 Å². The first kappa shape index (κ1) is 23.1. The van der Waals surface area contributed by atoms with Crippen LogP contribution in [0.25, 0.3) is 0 Å². The molecule has 0 aromatic rings. The average Bonchev–Trinajstić information content (AvgIpc) is 2.76. The van der Waals surface area contributed by atoms with Crippen LogP contribution in [0.4, 0.5) is 0 Å². The second-order valence-electron chi connectivity index (χ2n) is 6.93. The van der Waals surface area contributed by atoms with Gasteiger partial charge < -0.3 is 24.1 Å². The summed E-state index contributed by atoms with van der Waals surface area (Å²) in [6, 6.07) is 0. The van der Waals surface area contributed by atoms with E-state index >= 15 is 0 Å². The quantitative estimate of drug-likeness (QED) is 0.218. The maximum Gasteiger partial charge on any atom is 0.330 e. The normalized spacial score (nSPS) is 21.9. The fourth-order valence-electron chi connectivity index (χ4n) is 3.03. The predicted molar refractivity (Wildman–Crippen MR) is 111 cm³/mol. The number of allylic oxidation sites excluding steroid dienone is 1. The summed E-state index contributed by atoms with van der Waals surface area (Å²) in [6.07, 6.45) is 16.8. The van der Waals surface area contributed by atoms with Gasteiger partial charge in [-0.25, -0.2) is 4.79 Å². The van der Waals surface area contributed by atoms with E-state index in [-0.39, 0.29) is 18.2 Å². The van der Waals surface area contributed by atoms with Gasteiger partial charge in [0.25, 0.3) is 0 Å². The molecule has 0 aliphatic heterocycles. The Morgan fingerprint density at radius 1 is 1.14 bits per heavy atom. The summed E-state index contributed by atoms with van der Waals surface area (Å²) < 4.78 is 21.6. The molecule has 2 aliphatic carbocycles. The summed E-state index contributed by atoms with van der Waals surface area (Å²) >= 11 is 0. The number of aliphatic hydroxyl groups excluding tert-OH is 1. The molecule has 0 saturated carbocycles. The van der Waals surface area contributed by atoms with E-state index in [0.717, 1.165) is 43.4 Å². The number of esters is 1. The summed E-state index contributed by atoms with van der Waals surface area (Å²) in [7, 11) is 1.63. The Bertz CT molecular complexity index is 646. The molecule has 0 heterocycles. The van der Waals surface area contributed by atoms with Crippen LogP contribution < -0.4 is 0 Å². The van der Waals surface area contributed by atoms with E-state index in [1.807, 2.05) is 36.5 Å². The van der Waals surface area contributed by atoms with Gasteiger partial charge >= 0.3 is 5.97 Å². The van der Waals surface area contributed by atoms with E-state index in [1.165, 1.54) is 6.08 Å². The second kappa shape index (κ2) is 13.1. The molecule has 1 N–H and O–H groups in total. The third kappa shape index (κ3) is 8.81. The van der Waals surface area contributed by atoms with Gasteiger partial charge in [0.15, 0.2) is 6.29 Å². The zero-order chi connectivity index (χ0) is 20.9. The van der Waals surface area contributed by atoms with Crippen molar-refractivity contribution in [1.29, 1.82) is 0 Å². The third-order valence-corrected chi connectivity index (χ3v) is 4.72. The zero-order valence-corrected chi connectivity index (χ0v) is 17.1. The highest BCUT2D eigenvalue weighted by Crippen LogP contribution is 2.21. The van der Waals surface area contributed by atoms with Gasteiger partial charge in [-0.15, -0.1) is 0 Å². The maximum atomic E-state index is 10.9. The number of ether oxygens (including phenoxy) is 4. The number of methoxy groups -OCH3 is 1. The zero-order valence-electron chi connectivity index (χ0n) is 17.1. The number of hydrogen-bond donors (Lipinski definition) is 1. The van der Waals surface area contributed by atoms with Gasteiger partial charge in [-0.2, -0.15) is 0 Å². The minimum atomic E-state index is -0.950. The lowest BCUT2D eigenvalue weighted by Gasteiger charge is -2.23. The van der Waals surface area contributed by atoms with Gasteiger partial charge in [-0.3, -0.25) is 0 Å². The summed E-state index contributed by atoms with van der Waals surface area (Å²) in [6.45, 7) is 4.49. The minimum absolute atomic E-state index is 0.0290.